The highest BCUT2D eigenvalue weighted by Crippen LogP contribution is 2.26. The summed E-state index contributed by atoms with van der Waals surface area (Å²) in [5.74, 6) is 0.428. The van der Waals surface area contributed by atoms with Crippen molar-refractivity contribution in [3.8, 4) is 0 Å². The molecule has 1 aliphatic carbocycles. The van der Waals surface area contributed by atoms with Gasteiger partial charge in [-0.2, -0.15) is 0 Å². The highest BCUT2D eigenvalue weighted by molar-refractivity contribution is 5.91. The van der Waals surface area contributed by atoms with Gasteiger partial charge in [0.15, 0.2) is 0 Å². The quantitative estimate of drug-likeness (QED) is 0.811. The van der Waals surface area contributed by atoms with E-state index in [9.17, 15) is 4.79 Å². The van der Waals surface area contributed by atoms with Crippen LogP contribution in [-0.4, -0.2) is 43.9 Å². The first kappa shape index (κ1) is 17.8. The zero-order valence-corrected chi connectivity index (χ0v) is 14.1. The smallest absolute Gasteiger partial charge is 0.250 e. The number of rotatable bonds is 7. The predicted octanol–water partition coefficient (Wildman–Crippen LogP) is 2.65. The maximum absolute atomic E-state index is 12.0. The number of aliphatic hydroxyl groups excluding tert-OH is 1. The predicted molar refractivity (Wildman–Crippen MR) is 92.8 cm³/mol. The molecule has 2 N–H and O–H groups in total. The number of hydrogen-bond acceptors (Lipinski definition) is 4. The molecule has 23 heavy (non-hydrogen) atoms. The second-order valence-electron chi connectivity index (χ2n) is 6.35. The molecule has 1 fully saturated rings. The summed E-state index contributed by atoms with van der Waals surface area (Å²) in [7, 11) is 1.92. The van der Waals surface area contributed by atoms with E-state index in [0.29, 0.717) is 12.5 Å². The third-order valence-corrected chi connectivity index (χ3v) is 4.49. The van der Waals surface area contributed by atoms with Gasteiger partial charge in [-0.1, -0.05) is 19.8 Å². The Morgan fingerprint density at radius 2 is 2.00 bits per heavy atom. The van der Waals surface area contributed by atoms with Crippen LogP contribution in [0.4, 0.5) is 11.4 Å². The number of anilines is 2. The lowest BCUT2D eigenvalue weighted by atomic mass is 9.88. The molecule has 0 aromatic heterocycles. The van der Waals surface area contributed by atoms with Crippen LogP contribution in [0, 0.1) is 5.92 Å². The Morgan fingerprint density at radius 1 is 1.30 bits per heavy atom. The Bertz CT molecular complexity index is 490. The van der Waals surface area contributed by atoms with Gasteiger partial charge in [-0.3, -0.25) is 4.79 Å². The summed E-state index contributed by atoms with van der Waals surface area (Å²) >= 11 is 0. The standard InChI is InChI=1S/C18H28N2O3/c1-14-5-3-4-6-17(14)23-13-18(22)19-15-7-9-16(10-8-15)20(2)11-12-21/h7-10,14,17,21H,3-6,11-13H2,1-2H3,(H,19,22). The van der Waals surface area contributed by atoms with Crippen molar-refractivity contribution in [1.29, 1.82) is 0 Å². The average molecular weight is 320 g/mol. The van der Waals surface area contributed by atoms with Crippen LogP contribution >= 0.6 is 0 Å². The lowest BCUT2D eigenvalue weighted by Crippen LogP contribution is -2.29. The number of carbonyl (C=O) groups is 1. The molecule has 1 aromatic rings. The number of nitrogens with one attached hydrogen (secondary N) is 1. The van der Waals surface area contributed by atoms with E-state index >= 15 is 0 Å². The fourth-order valence-electron chi connectivity index (χ4n) is 2.99. The van der Waals surface area contributed by atoms with Gasteiger partial charge in [0.25, 0.3) is 0 Å². The van der Waals surface area contributed by atoms with Gasteiger partial charge in [0.05, 0.1) is 12.7 Å². The molecule has 5 heteroatoms. The molecule has 128 valence electrons. The minimum absolute atomic E-state index is 0.112. The summed E-state index contributed by atoms with van der Waals surface area (Å²) in [5.41, 5.74) is 1.76. The van der Waals surface area contributed by atoms with Crippen molar-refractivity contribution in [3.63, 3.8) is 0 Å². The van der Waals surface area contributed by atoms with Gasteiger partial charge < -0.3 is 20.1 Å². The molecule has 0 spiro atoms. The SMILES string of the molecule is CC1CCCCC1OCC(=O)Nc1ccc(N(C)CCO)cc1. The summed E-state index contributed by atoms with van der Waals surface area (Å²) in [6, 6.07) is 7.58. The van der Waals surface area contributed by atoms with Crippen molar-refractivity contribution in [2.45, 2.75) is 38.7 Å². The Kier molecular flexibility index (Phi) is 6.86. The van der Waals surface area contributed by atoms with E-state index in [1.54, 1.807) is 0 Å². The third-order valence-electron chi connectivity index (χ3n) is 4.49. The second-order valence-corrected chi connectivity index (χ2v) is 6.35. The Balaban J connectivity index is 1.78. The summed E-state index contributed by atoms with van der Waals surface area (Å²) in [6.07, 6.45) is 4.92. The fourth-order valence-corrected chi connectivity index (χ4v) is 2.99. The summed E-state index contributed by atoms with van der Waals surface area (Å²) in [6.45, 7) is 3.01. The average Bonchev–Trinajstić information content (AvgIpc) is 2.55. The molecule has 0 saturated heterocycles. The van der Waals surface area contributed by atoms with E-state index in [1.165, 1.54) is 19.3 Å². The van der Waals surface area contributed by atoms with Gasteiger partial charge in [-0.25, -0.2) is 0 Å². The number of likely N-dealkylation sites (N-methyl/N-ethyl adjacent to an activating group) is 1. The van der Waals surface area contributed by atoms with Crippen molar-refractivity contribution >= 4 is 17.3 Å². The zero-order valence-electron chi connectivity index (χ0n) is 14.1. The molecular formula is C18H28N2O3. The first-order valence-corrected chi connectivity index (χ1v) is 8.43. The van der Waals surface area contributed by atoms with Gasteiger partial charge in [-0.05, 0) is 43.0 Å². The molecule has 0 bridgehead atoms. The first-order valence-electron chi connectivity index (χ1n) is 8.43. The van der Waals surface area contributed by atoms with Gasteiger partial charge in [0.2, 0.25) is 5.91 Å². The fraction of sp³-hybridized carbons (Fsp3) is 0.611. The molecule has 2 atom stereocenters. The summed E-state index contributed by atoms with van der Waals surface area (Å²) in [4.78, 5) is 14.0. The van der Waals surface area contributed by atoms with Crippen LogP contribution in [0.3, 0.4) is 0 Å². The Hall–Kier alpha value is -1.59. The topological polar surface area (TPSA) is 61.8 Å². The van der Waals surface area contributed by atoms with Gasteiger partial charge in [0.1, 0.15) is 6.61 Å². The van der Waals surface area contributed by atoms with E-state index in [4.69, 9.17) is 9.84 Å². The Morgan fingerprint density at radius 3 is 2.65 bits per heavy atom. The molecule has 1 aromatic carbocycles. The van der Waals surface area contributed by atoms with Crippen LogP contribution in [0.1, 0.15) is 32.6 Å². The van der Waals surface area contributed by atoms with E-state index in [1.807, 2.05) is 36.2 Å². The molecule has 1 saturated carbocycles. The van der Waals surface area contributed by atoms with Crippen molar-refractivity contribution in [3.05, 3.63) is 24.3 Å². The Labute approximate surface area is 138 Å². The van der Waals surface area contributed by atoms with Crippen molar-refractivity contribution < 1.29 is 14.6 Å². The van der Waals surface area contributed by atoms with Gasteiger partial charge in [-0.15, -0.1) is 0 Å². The number of nitrogens with zero attached hydrogens (tertiary/aromatic N) is 1. The minimum atomic E-state index is -0.112. The highest BCUT2D eigenvalue weighted by atomic mass is 16.5. The minimum Gasteiger partial charge on any atom is -0.395 e. The number of amides is 1. The van der Waals surface area contributed by atoms with Gasteiger partial charge >= 0.3 is 0 Å². The maximum Gasteiger partial charge on any atom is 0.250 e. The van der Waals surface area contributed by atoms with Crippen molar-refractivity contribution in [2.75, 3.05) is 37.0 Å². The second kappa shape index (κ2) is 8.89. The molecule has 0 aliphatic heterocycles. The van der Waals surface area contributed by atoms with Crippen LogP contribution in [0.2, 0.25) is 0 Å². The number of benzene rings is 1. The number of ether oxygens (including phenoxy) is 1. The van der Waals surface area contributed by atoms with E-state index in [0.717, 1.165) is 17.8 Å². The molecule has 1 amide bonds. The molecule has 2 rings (SSSR count). The van der Waals surface area contributed by atoms with Crippen molar-refractivity contribution in [1.82, 2.24) is 0 Å². The monoisotopic (exact) mass is 320 g/mol. The first-order chi connectivity index (χ1) is 11.1. The third kappa shape index (κ3) is 5.52. The van der Waals surface area contributed by atoms with Crippen LogP contribution in [0.25, 0.3) is 0 Å². The van der Waals surface area contributed by atoms with Gasteiger partial charge in [0, 0.05) is 25.0 Å². The molecular weight excluding hydrogens is 292 g/mol. The molecule has 5 nitrogen and oxygen atoms in total. The van der Waals surface area contributed by atoms with Crippen LogP contribution < -0.4 is 10.2 Å². The van der Waals surface area contributed by atoms with E-state index in [-0.39, 0.29) is 25.2 Å². The summed E-state index contributed by atoms with van der Waals surface area (Å²) in [5, 5.41) is 11.8. The molecule has 1 aliphatic rings. The van der Waals surface area contributed by atoms with Crippen LogP contribution in [0.15, 0.2) is 24.3 Å². The largest absolute Gasteiger partial charge is 0.395 e. The van der Waals surface area contributed by atoms with Crippen LogP contribution in [-0.2, 0) is 9.53 Å². The molecule has 0 radical (unpaired) electrons. The number of carbonyl (C=O) groups excluding carboxylic acids is 1. The summed E-state index contributed by atoms with van der Waals surface area (Å²) < 4.78 is 5.78. The van der Waals surface area contributed by atoms with E-state index in [2.05, 4.69) is 12.2 Å². The van der Waals surface area contributed by atoms with Crippen molar-refractivity contribution in [2.24, 2.45) is 5.92 Å². The van der Waals surface area contributed by atoms with Crippen LogP contribution in [0.5, 0.6) is 0 Å². The molecule has 2 unspecified atom stereocenters. The molecule has 0 heterocycles. The van der Waals surface area contributed by atoms with E-state index < -0.39 is 0 Å². The highest BCUT2D eigenvalue weighted by Gasteiger charge is 2.22. The number of hydrogen-bond donors (Lipinski definition) is 2. The lowest BCUT2D eigenvalue weighted by Gasteiger charge is -2.28. The lowest BCUT2D eigenvalue weighted by molar-refractivity contribution is -0.124. The maximum atomic E-state index is 12.0. The normalized spacial score (nSPS) is 21.0. The zero-order chi connectivity index (χ0) is 16.7. The number of aliphatic hydroxyl groups is 1.